The Balaban J connectivity index is 2.12. The molecule has 0 saturated carbocycles. The van der Waals surface area contributed by atoms with Crippen LogP contribution in [0, 0.1) is 5.82 Å². The van der Waals surface area contributed by atoms with E-state index in [1.54, 1.807) is 6.07 Å². The zero-order valence-corrected chi connectivity index (χ0v) is 10.6. The van der Waals surface area contributed by atoms with Crippen molar-refractivity contribution in [1.82, 2.24) is 4.98 Å². The van der Waals surface area contributed by atoms with E-state index in [0.29, 0.717) is 5.92 Å². The van der Waals surface area contributed by atoms with Gasteiger partial charge in [0.1, 0.15) is 5.82 Å². The average molecular weight is 233 g/mol. The third-order valence-electron chi connectivity index (χ3n) is 3.38. The number of hydrogen-bond donors (Lipinski definition) is 1. The Morgan fingerprint density at radius 1 is 1.24 bits per heavy atom. The van der Waals surface area contributed by atoms with Gasteiger partial charge in [0.05, 0.1) is 0 Å². The lowest BCUT2D eigenvalue weighted by molar-refractivity contribution is 0.591. The topological polar surface area (TPSA) is 15.8 Å². The van der Waals surface area contributed by atoms with Gasteiger partial charge in [-0.05, 0) is 36.6 Å². The van der Waals surface area contributed by atoms with Crippen LogP contribution in [-0.4, -0.2) is 4.98 Å². The van der Waals surface area contributed by atoms with Crippen molar-refractivity contribution >= 4 is 10.9 Å². The van der Waals surface area contributed by atoms with Crippen LogP contribution in [0.25, 0.3) is 10.9 Å². The van der Waals surface area contributed by atoms with Gasteiger partial charge in [-0.3, -0.25) is 0 Å². The first kappa shape index (κ1) is 12.2. The summed E-state index contributed by atoms with van der Waals surface area (Å²) in [4.78, 5) is 3.38. The summed E-state index contributed by atoms with van der Waals surface area (Å²) >= 11 is 0. The molecule has 1 unspecified atom stereocenters. The largest absolute Gasteiger partial charge is 0.358 e. The second kappa shape index (κ2) is 5.35. The Hall–Kier alpha value is -1.31. The third kappa shape index (κ3) is 2.87. The minimum absolute atomic E-state index is 0.165. The maximum Gasteiger partial charge on any atom is 0.123 e. The predicted octanol–water partition coefficient (Wildman–Crippen LogP) is 4.99. The molecule has 1 aromatic carbocycles. The van der Waals surface area contributed by atoms with Gasteiger partial charge in [0, 0.05) is 16.6 Å². The molecule has 2 rings (SSSR count). The summed E-state index contributed by atoms with van der Waals surface area (Å²) in [6.45, 7) is 4.45. The highest BCUT2D eigenvalue weighted by Gasteiger charge is 2.09. The van der Waals surface area contributed by atoms with E-state index in [4.69, 9.17) is 0 Å². The van der Waals surface area contributed by atoms with Crippen LogP contribution in [0.1, 0.15) is 51.1 Å². The molecule has 1 aromatic heterocycles. The predicted molar refractivity (Wildman–Crippen MR) is 70.8 cm³/mol. The van der Waals surface area contributed by atoms with E-state index >= 15 is 0 Å². The van der Waals surface area contributed by atoms with Gasteiger partial charge >= 0.3 is 0 Å². The summed E-state index contributed by atoms with van der Waals surface area (Å²) in [6.07, 6.45) is 5.01. The van der Waals surface area contributed by atoms with E-state index in [1.165, 1.54) is 37.4 Å². The molecule has 0 aliphatic heterocycles. The maximum atomic E-state index is 13.1. The summed E-state index contributed by atoms with van der Waals surface area (Å²) in [6, 6.07) is 6.99. The number of fused-ring (bicyclic) bond motifs is 1. The Kier molecular flexibility index (Phi) is 3.82. The van der Waals surface area contributed by atoms with E-state index in [9.17, 15) is 4.39 Å². The number of unbranched alkanes of at least 4 members (excludes halogenated alkanes) is 2. The molecule has 1 nitrogen and oxygen atoms in total. The van der Waals surface area contributed by atoms with Crippen LogP contribution in [0.3, 0.4) is 0 Å². The minimum Gasteiger partial charge on any atom is -0.358 e. The van der Waals surface area contributed by atoms with Crippen LogP contribution in [-0.2, 0) is 0 Å². The van der Waals surface area contributed by atoms with Crippen molar-refractivity contribution in [3.05, 3.63) is 35.8 Å². The first-order valence-electron chi connectivity index (χ1n) is 6.49. The first-order valence-corrected chi connectivity index (χ1v) is 6.49. The Bertz CT molecular complexity index is 487. The molecule has 0 radical (unpaired) electrons. The molecular formula is C15H20FN. The van der Waals surface area contributed by atoms with Crippen molar-refractivity contribution in [2.45, 2.75) is 45.4 Å². The minimum atomic E-state index is -0.165. The molecule has 2 aromatic rings. The van der Waals surface area contributed by atoms with E-state index in [2.05, 4.69) is 24.9 Å². The number of H-pyrrole nitrogens is 1. The normalized spacial score (nSPS) is 13.1. The van der Waals surface area contributed by atoms with Gasteiger partial charge in [0.2, 0.25) is 0 Å². The molecule has 0 aliphatic carbocycles. The molecule has 2 heteroatoms. The number of aromatic nitrogens is 1. The van der Waals surface area contributed by atoms with Crippen molar-refractivity contribution in [2.75, 3.05) is 0 Å². The molecule has 1 heterocycles. The number of hydrogen-bond acceptors (Lipinski definition) is 0. The van der Waals surface area contributed by atoms with E-state index in [-0.39, 0.29) is 5.82 Å². The fourth-order valence-electron chi connectivity index (χ4n) is 2.25. The van der Waals surface area contributed by atoms with Gasteiger partial charge in [-0.2, -0.15) is 0 Å². The molecule has 0 aliphatic rings. The highest BCUT2D eigenvalue weighted by Crippen LogP contribution is 2.25. The molecule has 0 saturated heterocycles. The standard InChI is InChI=1S/C15H20FN/c1-3-4-5-6-11(2)15-10-12-9-13(16)7-8-14(12)17-15/h7-11,17H,3-6H2,1-2H3. The molecular weight excluding hydrogens is 213 g/mol. The number of nitrogens with one attached hydrogen (secondary N) is 1. The summed E-state index contributed by atoms with van der Waals surface area (Å²) in [5, 5.41) is 0.974. The lowest BCUT2D eigenvalue weighted by Crippen LogP contribution is -1.93. The molecule has 0 spiro atoms. The van der Waals surface area contributed by atoms with Gasteiger partial charge in [-0.1, -0.05) is 33.1 Å². The maximum absolute atomic E-state index is 13.1. The van der Waals surface area contributed by atoms with Crippen molar-refractivity contribution in [2.24, 2.45) is 0 Å². The lowest BCUT2D eigenvalue weighted by atomic mass is 10.00. The highest BCUT2D eigenvalue weighted by atomic mass is 19.1. The summed E-state index contributed by atoms with van der Waals surface area (Å²) in [5.41, 5.74) is 2.26. The zero-order valence-electron chi connectivity index (χ0n) is 10.6. The summed E-state index contributed by atoms with van der Waals surface area (Å²) in [5.74, 6) is 0.360. The first-order chi connectivity index (χ1) is 8.20. The fraction of sp³-hybridized carbons (Fsp3) is 0.467. The smallest absolute Gasteiger partial charge is 0.123 e. The van der Waals surface area contributed by atoms with Crippen LogP contribution in [0.2, 0.25) is 0 Å². The van der Waals surface area contributed by atoms with Crippen molar-refractivity contribution in [1.29, 1.82) is 0 Å². The fourth-order valence-corrected chi connectivity index (χ4v) is 2.25. The third-order valence-corrected chi connectivity index (χ3v) is 3.38. The van der Waals surface area contributed by atoms with E-state index in [1.807, 2.05) is 6.07 Å². The van der Waals surface area contributed by atoms with Crippen LogP contribution in [0.15, 0.2) is 24.3 Å². The van der Waals surface area contributed by atoms with Gasteiger partial charge in [-0.15, -0.1) is 0 Å². The quantitative estimate of drug-likeness (QED) is 0.700. The highest BCUT2D eigenvalue weighted by molar-refractivity contribution is 5.80. The Morgan fingerprint density at radius 3 is 2.82 bits per heavy atom. The SMILES string of the molecule is CCCCCC(C)c1cc2cc(F)ccc2[nH]1. The van der Waals surface area contributed by atoms with Gasteiger partial charge in [0.15, 0.2) is 0 Å². The number of aromatic amines is 1. The van der Waals surface area contributed by atoms with Gasteiger partial charge < -0.3 is 4.98 Å². The zero-order chi connectivity index (χ0) is 12.3. The van der Waals surface area contributed by atoms with Gasteiger partial charge in [-0.25, -0.2) is 4.39 Å². The van der Waals surface area contributed by atoms with Crippen molar-refractivity contribution in [3.63, 3.8) is 0 Å². The molecule has 92 valence electrons. The molecule has 0 amide bonds. The Labute approximate surface area is 102 Å². The molecule has 17 heavy (non-hydrogen) atoms. The number of halogens is 1. The van der Waals surface area contributed by atoms with Crippen LogP contribution in [0.5, 0.6) is 0 Å². The molecule has 0 bridgehead atoms. The second-order valence-electron chi connectivity index (χ2n) is 4.85. The average Bonchev–Trinajstić information content (AvgIpc) is 2.72. The monoisotopic (exact) mass is 233 g/mol. The molecule has 1 N–H and O–H groups in total. The molecule has 0 fully saturated rings. The van der Waals surface area contributed by atoms with Crippen molar-refractivity contribution < 1.29 is 4.39 Å². The van der Waals surface area contributed by atoms with Gasteiger partial charge in [0.25, 0.3) is 0 Å². The summed E-state index contributed by atoms with van der Waals surface area (Å²) < 4.78 is 13.1. The van der Waals surface area contributed by atoms with Crippen molar-refractivity contribution in [3.8, 4) is 0 Å². The Morgan fingerprint density at radius 2 is 2.06 bits per heavy atom. The number of rotatable bonds is 5. The van der Waals surface area contributed by atoms with Crippen LogP contribution >= 0.6 is 0 Å². The number of benzene rings is 1. The molecule has 1 atom stereocenters. The lowest BCUT2D eigenvalue weighted by Gasteiger charge is -2.08. The van der Waals surface area contributed by atoms with Crippen LogP contribution < -0.4 is 0 Å². The van der Waals surface area contributed by atoms with E-state index < -0.39 is 0 Å². The van der Waals surface area contributed by atoms with E-state index in [0.717, 1.165) is 10.9 Å². The second-order valence-corrected chi connectivity index (χ2v) is 4.85. The van der Waals surface area contributed by atoms with Crippen LogP contribution in [0.4, 0.5) is 4.39 Å². The summed E-state index contributed by atoms with van der Waals surface area (Å²) in [7, 11) is 0.